The predicted molar refractivity (Wildman–Crippen MR) is 51.4 cm³/mol. The summed E-state index contributed by atoms with van der Waals surface area (Å²) in [6, 6.07) is 11.0. The zero-order chi connectivity index (χ0) is 9.10. The third-order valence-corrected chi connectivity index (χ3v) is 2.56. The van der Waals surface area contributed by atoms with Gasteiger partial charge in [0.15, 0.2) is 0 Å². The van der Waals surface area contributed by atoms with E-state index >= 15 is 0 Å². The Bertz CT molecular complexity index is 260. The highest BCUT2D eigenvalue weighted by Gasteiger charge is 2.25. The Balaban J connectivity index is 2.15. The van der Waals surface area contributed by atoms with Crippen molar-refractivity contribution in [3.63, 3.8) is 0 Å². The van der Waals surface area contributed by atoms with Gasteiger partial charge in [-0.2, -0.15) is 0 Å². The number of ether oxygens (including phenoxy) is 1. The molecule has 0 radical (unpaired) electrons. The Hall–Kier alpha value is -0.860. The smallest absolute Gasteiger partial charge is 0.134 e. The highest BCUT2D eigenvalue weighted by molar-refractivity contribution is 5.18. The minimum atomic E-state index is 0.273. The van der Waals surface area contributed by atoms with Crippen molar-refractivity contribution >= 4 is 0 Å². The summed E-state index contributed by atoms with van der Waals surface area (Å²) in [5.74, 6) is 0. The molecule has 1 aliphatic heterocycles. The normalized spacial score (nSPS) is 28.7. The van der Waals surface area contributed by atoms with Crippen molar-refractivity contribution in [2.45, 2.75) is 19.1 Å². The maximum absolute atomic E-state index is 5.74. The summed E-state index contributed by atoms with van der Waals surface area (Å²) >= 11 is 0. The first-order chi connectivity index (χ1) is 6.38. The van der Waals surface area contributed by atoms with Gasteiger partial charge in [-0.25, -0.2) is 0 Å². The molecule has 1 saturated heterocycles. The van der Waals surface area contributed by atoms with Crippen LogP contribution >= 0.6 is 0 Å². The third kappa shape index (κ3) is 1.90. The van der Waals surface area contributed by atoms with Crippen LogP contribution in [0.4, 0.5) is 0 Å². The quantitative estimate of drug-likeness (QED) is 0.673. The summed E-state index contributed by atoms with van der Waals surface area (Å²) in [5.41, 5.74) is 1.30. The average Bonchev–Trinajstić information content (AvgIpc) is 2.20. The van der Waals surface area contributed by atoms with Gasteiger partial charge < -0.3 is 10.1 Å². The van der Waals surface area contributed by atoms with Gasteiger partial charge in [-0.3, -0.25) is 0 Å². The molecule has 2 rings (SSSR count). The SMILES string of the molecule is C[C@@H]1[NH2+]CCO[C@@H]1c1ccccc1. The number of quaternary nitrogens is 1. The molecule has 2 N–H and O–H groups in total. The Morgan fingerprint density at radius 1 is 1.31 bits per heavy atom. The lowest BCUT2D eigenvalue weighted by Crippen LogP contribution is -2.93. The van der Waals surface area contributed by atoms with Crippen LogP contribution in [-0.4, -0.2) is 19.2 Å². The lowest BCUT2D eigenvalue weighted by molar-refractivity contribution is -0.710. The molecule has 1 fully saturated rings. The molecule has 1 heterocycles. The summed E-state index contributed by atoms with van der Waals surface area (Å²) in [5, 5.41) is 2.35. The van der Waals surface area contributed by atoms with E-state index in [1.54, 1.807) is 0 Å². The van der Waals surface area contributed by atoms with Crippen molar-refractivity contribution in [1.29, 1.82) is 0 Å². The van der Waals surface area contributed by atoms with Gasteiger partial charge >= 0.3 is 0 Å². The van der Waals surface area contributed by atoms with Crippen molar-refractivity contribution in [2.24, 2.45) is 0 Å². The van der Waals surface area contributed by atoms with E-state index in [1.807, 2.05) is 6.07 Å². The zero-order valence-electron chi connectivity index (χ0n) is 7.94. The molecule has 0 aromatic heterocycles. The number of morpholine rings is 1. The first-order valence-corrected chi connectivity index (χ1v) is 4.88. The molecule has 0 aliphatic carbocycles. The second-order valence-corrected chi connectivity index (χ2v) is 3.59. The first kappa shape index (κ1) is 8.73. The average molecular weight is 178 g/mol. The van der Waals surface area contributed by atoms with E-state index < -0.39 is 0 Å². The molecule has 0 bridgehead atoms. The Morgan fingerprint density at radius 2 is 2.08 bits per heavy atom. The molecular weight excluding hydrogens is 162 g/mol. The van der Waals surface area contributed by atoms with Crippen molar-refractivity contribution in [2.75, 3.05) is 13.2 Å². The maximum atomic E-state index is 5.74. The van der Waals surface area contributed by atoms with Gasteiger partial charge in [-0.15, -0.1) is 0 Å². The molecule has 13 heavy (non-hydrogen) atoms. The van der Waals surface area contributed by atoms with Crippen LogP contribution in [0, 0.1) is 0 Å². The molecule has 2 atom stereocenters. The number of benzene rings is 1. The van der Waals surface area contributed by atoms with Gasteiger partial charge in [-0.05, 0) is 12.5 Å². The van der Waals surface area contributed by atoms with Crippen LogP contribution in [0.5, 0.6) is 0 Å². The second kappa shape index (κ2) is 3.90. The molecule has 1 aromatic carbocycles. The Labute approximate surface area is 78.9 Å². The molecule has 0 saturated carbocycles. The summed E-state index contributed by atoms with van der Waals surface area (Å²) in [6.45, 7) is 4.17. The highest BCUT2D eigenvalue weighted by atomic mass is 16.5. The third-order valence-electron chi connectivity index (χ3n) is 2.56. The van der Waals surface area contributed by atoms with Crippen LogP contribution in [0.3, 0.4) is 0 Å². The predicted octanol–water partition coefficient (Wildman–Crippen LogP) is 0.710. The molecule has 0 spiro atoms. The fourth-order valence-corrected chi connectivity index (χ4v) is 1.84. The molecule has 1 aromatic rings. The van der Waals surface area contributed by atoms with E-state index in [1.165, 1.54) is 5.56 Å². The molecule has 2 heteroatoms. The van der Waals surface area contributed by atoms with Crippen LogP contribution in [-0.2, 0) is 4.74 Å². The summed E-state index contributed by atoms with van der Waals surface area (Å²) in [7, 11) is 0. The van der Waals surface area contributed by atoms with E-state index in [2.05, 4.69) is 36.5 Å². The fraction of sp³-hybridized carbons (Fsp3) is 0.455. The van der Waals surface area contributed by atoms with Gasteiger partial charge in [0.1, 0.15) is 12.1 Å². The van der Waals surface area contributed by atoms with Crippen molar-refractivity contribution in [3.05, 3.63) is 35.9 Å². The lowest BCUT2D eigenvalue weighted by Gasteiger charge is -2.27. The van der Waals surface area contributed by atoms with Crippen LogP contribution in [0.1, 0.15) is 18.6 Å². The second-order valence-electron chi connectivity index (χ2n) is 3.59. The van der Waals surface area contributed by atoms with Gasteiger partial charge in [-0.1, -0.05) is 30.3 Å². The number of rotatable bonds is 1. The number of nitrogens with two attached hydrogens (primary N) is 1. The van der Waals surface area contributed by atoms with E-state index in [4.69, 9.17) is 4.74 Å². The standard InChI is InChI=1S/C11H15NO/c1-9-11(13-8-7-12-9)10-5-3-2-4-6-10/h2-6,9,11-12H,7-8H2,1H3/p+1/t9-,11-/m0/s1. The largest absolute Gasteiger partial charge is 0.361 e. The monoisotopic (exact) mass is 178 g/mol. The number of hydrogen-bond donors (Lipinski definition) is 1. The summed E-state index contributed by atoms with van der Waals surface area (Å²) in [4.78, 5) is 0. The van der Waals surface area contributed by atoms with Gasteiger partial charge in [0.05, 0.1) is 13.2 Å². The Kier molecular flexibility index (Phi) is 2.62. The van der Waals surface area contributed by atoms with E-state index in [-0.39, 0.29) is 6.10 Å². The topological polar surface area (TPSA) is 25.8 Å². The van der Waals surface area contributed by atoms with Gasteiger partial charge in [0.25, 0.3) is 0 Å². The number of hydrogen-bond acceptors (Lipinski definition) is 1. The van der Waals surface area contributed by atoms with Crippen LogP contribution in [0.2, 0.25) is 0 Å². The molecule has 0 amide bonds. The lowest BCUT2D eigenvalue weighted by atomic mass is 10.0. The minimum absolute atomic E-state index is 0.273. The minimum Gasteiger partial charge on any atom is -0.361 e. The maximum Gasteiger partial charge on any atom is 0.134 e. The van der Waals surface area contributed by atoms with E-state index in [9.17, 15) is 0 Å². The van der Waals surface area contributed by atoms with Crippen molar-refractivity contribution < 1.29 is 10.1 Å². The molecule has 1 aliphatic rings. The van der Waals surface area contributed by atoms with E-state index in [0.29, 0.717) is 6.04 Å². The molecule has 70 valence electrons. The highest BCUT2D eigenvalue weighted by Crippen LogP contribution is 2.20. The first-order valence-electron chi connectivity index (χ1n) is 4.88. The molecular formula is C11H16NO+. The Morgan fingerprint density at radius 3 is 2.77 bits per heavy atom. The van der Waals surface area contributed by atoms with Gasteiger partial charge in [0, 0.05) is 0 Å². The van der Waals surface area contributed by atoms with E-state index in [0.717, 1.165) is 13.2 Å². The summed E-state index contributed by atoms with van der Waals surface area (Å²) in [6.07, 6.45) is 0.273. The van der Waals surface area contributed by atoms with Crippen LogP contribution in [0.25, 0.3) is 0 Å². The van der Waals surface area contributed by atoms with Crippen LogP contribution < -0.4 is 5.32 Å². The molecule has 2 nitrogen and oxygen atoms in total. The zero-order valence-corrected chi connectivity index (χ0v) is 7.94. The fourth-order valence-electron chi connectivity index (χ4n) is 1.84. The molecule has 0 unspecified atom stereocenters. The van der Waals surface area contributed by atoms with Crippen molar-refractivity contribution in [1.82, 2.24) is 0 Å². The van der Waals surface area contributed by atoms with Crippen LogP contribution in [0.15, 0.2) is 30.3 Å². The van der Waals surface area contributed by atoms with Crippen molar-refractivity contribution in [3.8, 4) is 0 Å². The van der Waals surface area contributed by atoms with Gasteiger partial charge in [0.2, 0.25) is 0 Å². The summed E-state index contributed by atoms with van der Waals surface area (Å²) < 4.78 is 5.74.